The first kappa shape index (κ1) is 18.1. The minimum atomic E-state index is -0.578. The second-order valence-electron chi connectivity index (χ2n) is 5.61. The van der Waals surface area contributed by atoms with Gasteiger partial charge in [0.25, 0.3) is 5.91 Å². The van der Waals surface area contributed by atoms with Crippen LogP contribution in [0.5, 0.6) is 5.75 Å². The fourth-order valence-corrected chi connectivity index (χ4v) is 3.29. The Labute approximate surface area is 160 Å². The molecule has 0 spiro atoms. The normalized spacial score (nSPS) is 13.9. The lowest BCUT2D eigenvalue weighted by Crippen LogP contribution is -2.32. The minimum absolute atomic E-state index is 0.0438. The van der Waals surface area contributed by atoms with Gasteiger partial charge < -0.3 is 9.64 Å². The molecule has 0 aromatic heterocycles. The number of benzene rings is 2. The fraction of sp³-hybridized carbons (Fsp3) is 0.167. The van der Waals surface area contributed by atoms with Crippen LogP contribution in [0.4, 0.5) is 10.1 Å². The molecule has 1 aliphatic heterocycles. The highest BCUT2D eigenvalue weighted by molar-refractivity contribution is 7.80. The maximum absolute atomic E-state index is 13.5. The van der Waals surface area contributed by atoms with Crippen molar-refractivity contribution in [2.24, 2.45) is 0 Å². The molecule has 0 bridgehead atoms. The van der Waals surface area contributed by atoms with Crippen LogP contribution in [0.25, 0.3) is 0 Å². The number of ether oxygens (including phenoxy) is 1. The highest BCUT2D eigenvalue weighted by Crippen LogP contribution is 2.31. The van der Waals surface area contributed by atoms with Crippen molar-refractivity contribution in [1.82, 2.24) is 4.90 Å². The Morgan fingerprint density at radius 2 is 2.12 bits per heavy atom. The molecule has 1 aliphatic rings. The SMILES string of the molecule is COc1ccc(N2C(=O)CN(Cc3ccc(F)c(C#N)c3)C2=S)cc1Cl. The van der Waals surface area contributed by atoms with Crippen molar-refractivity contribution in [3.63, 3.8) is 0 Å². The summed E-state index contributed by atoms with van der Waals surface area (Å²) >= 11 is 11.6. The predicted octanol–water partition coefficient (Wildman–Crippen LogP) is 3.49. The molecule has 0 atom stereocenters. The molecule has 1 saturated heterocycles. The molecule has 1 amide bonds. The van der Waals surface area contributed by atoms with Crippen LogP contribution in [0.15, 0.2) is 36.4 Å². The zero-order chi connectivity index (χ0) is 18.8. The summed E-state index contributed by atoms with van der Waals surface area (Å²) in [5.41, 5.74) is 1.19. The van der Waals surface area contributed by atoms with Crippen molar-refractivity contribution in [3.05, 3.63) is 58.4 Å². The van der Waals surface area contributed by atoms with Crippen molar-refractivity contribution in [2.45, 2.75) is 6.54 Å². The molecule has 132 valence electrons. The maximum atomic E-state index is 13.5. The van der Waals surface area contributed by atoms with E-state index in [1.54, 1.807) is 35.2 Å². The molecule has 3 rings (SSSR count). The van der Waals surface area contributed by atoms with Crippen molar-refractivity contribution in [3.8, 4) is 11.8 Å². The molecule has 8 heteroatoms. The smallest absolute Gasteiger partial charge is 0.252 e. The molecule has 0 unspecified atom stereocenters. The van der Waals surface area contributed by atoms with E-state index in [0.717, 1.165) is 0 Å². The van der Waals surface area contributed by atoms with Crippen molar-refractivity contribution < 1.29 is 13.9 Å². The van der Waals surface area contributed by atoms with E-state index in [4.69, 9.17) is 33.8 Å². The highest BCUT2D eigenvalue weighted by Gasteiger charge is 2.34. The summed E-state index contributed by atoms with van der Waals surface area (Å²) in [4.78, 5) is 15.5. The van der Waals surface area contributed by atoms with Crippen LogP contribution in [0.1, 0.15) is 11.1 Å². The second kappa shape index (κ2) is 7.28. The first-order chi connectivity index (χ1) is 12.4. The van der Waals surface area contributed by atoms with Crippen molar-refractivity contribution >= 4 is 40.5 Å². The first-order valence-corrected chi connectivity index (χ1v) is 8.37. The fourth-order valence-electron chi connectivity index (χ4n) is 2.70. The lowest BCUT2D eigenvalue weighted by molar-refractivity contribution is -0.116. The van der Waals surface area contributed by atoms with E-state index < -0.39 is 5.82 Å². The Morgan fingerprint density at radius 3 is 2.77 bits per heavy atom. The van der Waals surface area contributed by atoms with Crippen molar-refractivity contribution in [1.29, 1.82) is 5.26 Å². The van der Waals surface area contributed by atoms with Gasteiger partial charge in [0.05, 0.1) is 23.4 Å². The van der Waals surface area contributed by atoms with Crippen molar-refractivity contribution in [2.75, 3.05) is 18.6 Å². The largest absolute Gasteiger partial charge is 0.495 e. The van der Waals surface area contributed by atoms with E-state index in [9.17, 15) is 9.18 Å². The topological polar surface area (TPSA) is 56.6 Å². The van der Waals surface area contributed by atoms with Crippen LogP contribution in [-0.4, -0.2) is 29.6 Å². The van der Waals surface area contributed by atoms with Crippen LogP contribution in [0, 0.1) is 17.1 Å². The number of nitrogens with zero attached hydrogens (tertiary/aromatic N) is 3. The quantitative estimate of drug-likeness (QED) is 0.749. The lowest BCUT2D eigenvalue weighted by Gasteiger charge is -2.21. The standard InChI is InChI=1S/C18H13ClFN3O2S/c1-25-16-5-3-13(7-14(16)19)23-17(24)10-22(18(23)26)9-11-2-4-15(20)12(6-11)8-21/h2-7H,9-10H2,1H3. The maximum Gasteiger partial charge on any atom is 0.252 e. The predicted molar refractivity (Wildman–Crippen MR) is 99.6 cm³/mol. The summed E-state index contributed by atoms with van der Waals surface area (Å²) in [6.45, 7) is 0.377. The number of nitriles is 1. The summed E-state index contributed by atoms with van der Waals surface area (Å²) in [5, 5.41) is 9.63. The molecule has 2 aromatic carbocycles. The Hall–Kier alpha value is -2.69. The van der Waals surface area contributed by atoms with Gasteiger partial charge in [0.1, 0.15) is 24.2 Å². The van der Waals surface area contributed by atoms with E-state index in [2.05, 4.69) is 0 Å². The van der Waals surface area contributed by atoms with E-state index in [1.807, 2.05) is 0 Å². The summed E-state index contributed by atoms with van der Waals surface area (Å²) in [7, 11) is 1.51. The zero-order valence-corrected chi connectivity index (χ0v) is 15.3. The molecule has 1 fully saturated rings. The van der Waals surface area contributed by atoms with Crippen LogP contribution < -0.4 is 9.64 Å². The van der Waals surface area contributed by atoms with Gasteiger partial charge in [-0.05, 0) is 48.1 Å². The lowest BCUT2D eigenvalue weighted by atomic mass is 10.1. The van der Waals surface area contributed by atoms with Crippen LogP contribution in [-0.2, 0) is 11.3 Å². The summed E-state index contributed by atoms with van der Waals surface area (Å²) < 4.78 is 18.6. The van der Waals surface area contributed by atoms with Gasteiger partial charge in [0, 0.05) is 6.54 Å². The first-order valence-electron chi connectivity index (χ1n) is 7.58. The Kier molecular flexibility index (Phi) is 5.07. The molecule has 0 N–H and O–H groups in total. The molecule has 2 aromatic rings. The highest BCUT2D eigenvalue weighted by atomic mass is 35.5. The number of rotatable bonds is 4. The van der Waals surface area contributed by atoms with Gasteiger partial charge in [0.15, 0.2) is 5.11 Å². The Morgan fingerprint density at radius 1 is 1.35 bits per heavy atom. The number of carbonyl (C=O) groups excluding carboxylic acids is 1. The molecule has 5 nitrogen and oxygen atoms in total. The molecular formula is C18H13ClFN3O2S. The van der Waals surface area contributed by atoms with E-state index in [0.29, 0.717) is 33.7 Å². The number of amides is 1. The van der Waals surface area contributed by atoms with Gasteiger partial charge in [-0.2, -0.15) is 5.26 Å². The summed E-state index contributed by atoms with van der Waals surface area (Å²) in [5.74, 6) is -0.273. The Balaban J connectivity index is 1.83. The van der Waals surface area contributed by atoms with E-state index in [-0.39, 0.29) is 18.0 Å². The third kappa shape index (κ3) is 3.34. The summed E-state index contributed by atoms with van der Waals surface area (Å²) in [6.07, 6.45) is 0. The number of carbonyl (C=O) groups is 1. The number of halogens is 2. The third-order valence-corrected chi connectivity index (χ3v) is 4.69. The van der Waals surface area contributed by atoms with Gasteiger partial charge in [-0.3, -0.25) is 9.69 Å². The molecular weight excluding hydrogens is 377 g/mol. The van der Waals surface area contributed by atoms with Gasteiger partial charge in [-0.25, -0.2) is 4.39 Å². The van der Waals surface area contributed by atoms with E-state index >= 15 is 0 Å². The average molecular weight is 390 g/mol. The summed E-state index contributed by atoms with van der Waals surface area (Å²) in [6, 6.07) is 11.0. The molecule has 26 heavy (non-hydrogen) atoms. The number of thiocarbonyl (C=S) groups is 1. The van der Waals surface area contributed by atoms with Gasteiger partial charge in [0.2, 0.25) is 0 Å². The minimum Gasteiger partial charge on any atom is -0.495 e. The van der Waals surface area contributed by atoms with E-state index in [1.165, 1.54) is 24.1 Å². The monoisotopic (exact) mass is 389 g/mol. The molecule has 0 aliphatic carbocycles. The Bertz CT molecular complexity index is 945. The number of anilines is 1. The van der Waals surface area contributed by atoms with Gasteiger partial charge >= 0.3 is 0 Å². The average Bonchev–Trinajstić information content (AvgIpc) is 2.90. The third-order valence-electron chi connectivity index (χ3n) is 3.96. The molecule has 0 saturated carbocycles. The molecule has 0 radical (unpaired) electrons. The van der Waals surface area contributed by atoms with Crippen LogP contribution >= 0.6 is 23.8 Å². The number of methoxy groups -OCH3 is 1. The van der Waals surface area contributed by atoms with Gasteiger partial charge in [-0.15, -0.1) is 0 Å². The zero-order valence-electron chi connectivity index (χ0n) is 13.7. The second-order valence-corrected chi connectivity index (χ2v) is 6.38. The van der Waals surface area contributed by atoms with Crippen LogP contribution in [0.2, 0.25) is 5.02 Å². The number of hydrogen-bond acceptors (Lipinski definition) is 4. The molecule has 1 heterocycles. The number of hydrogen-bond donors (Lipinski definition) is 0. The van der Waals surface area contributed by atoms with Gasteiger partial charge in [-0.1, -0.05) is 17.7 Å². The van der Waals surface area contributed by atoms with Crippen LogP contribution in [0.3, 0.4) is 0 Å².